The summed E-state index contributed by atoms with van der Waals surface area (Å²) in [6.07, 6.45) is -0.174. The van der Waals surface area contributed by atoms with Gasteiger partial charge in [-0.05, 0) is 24.3 Å². The van der Waals surface area contributed by atoms with Crippen molar-refractivity contribution in [1.29, 1.82) is 5.26 Å². The minimum absolute atomic E-state index is 0.147. The second kappa shape index (κ2) is 6.95. The molecule has 146 valence electrons. The van der Waals surface area contributed by atoms with Crippen molar-refractivity contribution in [3.8, 4) is 11.8 Å². The highest BCUT2D eigenvalue weighted by Crippen LogP contribution is 2.55. The van der Waals surface area contributed by atoms with Crippen molar-refractivity contribution < 1.29 is 9.53 Å². The van der Waals surface area contributed by atoms with E-state index >= 15 is 0 Å². The molecule has 1 amide bonds. The number of amides is 1. The number of nitrogens with one attached hydrogen (secondary N) is 1. The number of ether oxygens (including phenoxy) is 1. The van der Waals surface area contributed by atoms with Gasteiger partial charge in [0.05, 0.1) is 10.6 Å². The van der Waals surface area contributed by atoms with Crippen LogP contribution in [0.1, 0.15) is 43.7 Å². The van der Waals surface area contributed by atoms with Crippen LogP contribution in [0.2, 0.25) is 5.02 Å². The predicted molar refractivity (Wildman–Crippen MR) is 106 cm³/mol. The third kappa shape index (κ3) is 3.36. The van der Waals surface area contributed by atoms with Crippen LogP contribution in [0.25, 0.3) is 0 Å². The molecule has 3 rings (SSSR count). The molecule has 0 atom stereocenters. The number of rotatable bonds is 4. The number of halogens is 1. The summed E-state index contributed by atoms with van der Waals surface area (Å²) in [5.41, 5.74) is 5.44. The van der Waals surface area contributed by atoms with E-state index in [1.165, 1.54) is 0 Å². The Bertz CT molecular complexity index is 934. The van der Waals surface area contributed by atoms with Crippen LogP contribution in [0.5, 0.6) is 5.75 Å². The summed E-state index contributed by atoms with van der Waals surface area (Å²) in [5.74, 6) is 0.540. The maximum atomic E-state index is 12.6. The first-order valence-corrected chi connectivity index (χ1v) is 9.21. The Hall–Kier alpha value is -2.85. The second-order valence-electron chi connectivity index (χ2n) is 8.14. The van der Waals surface area contributed by atoms with E-state index < -0.39 is 0 Å². The van der Waals surface area contributed by atoms with E-state index in [2.05, 4.69) is 15.5 Å². The average Bonchev–Trinajstić information content (AvgIpc) is 2.64. The van der Waals surface area contributed by atoms with Crippen molar-refractivity contribution in [2.75, 3.05) is 5.73 Å². The molecule has 1 fully saturated rings. The molecule has 1 aliphatic carbocycles. The minimum Gasteiger partial charge on any atom is -0.489 e. The summed E-state index contributed by atoms with van der Waals surface area (Å²) in [5, 5.41) is 20.0. The lowest BCUT2D eigenvalue weighted by Gasteiger charge is -2.63. The summed E-state index contributed by atoms with van der Waals surface area (Å²) in [6, 6.07) is 9.97. The Kier molecular flexibility index (Phi) is 4.94. The Morgan fingerprint density at radius 2 is 1.89 bits per heavy atom. The van der Waals surface area contributed by atoms with E-state index in [1.807, 2.05) is 33.8 Å². The number of carbonyl (C=O) groups excluding carboxylic acids is 1. The number of nitrogens with two attached hydrogens (primary N) is 1. The van der Waals surface area contributed by atoms with Gasteiger partial charge in [0.15, 0.2) is 5.69 Å². The molecule has 8 heteroatoms. The Labute approximate surface area is 168 Å². The van der Waals surface area contributed by atoms with Crippen molar-refractivity contribution in [2.24, 2.45) is 10.8 Å². The van der Waals surface area contributed by atoms with Crippen LogP contribution in [0.15, 0.2) is 30.3 Å². The number of hydrogen-bond acceptors (Lipinski definition) is 6. The molecule has 1 aromatic carbocycles. The van der Waals surface area contributed by atoms with Gasteiger partial charge in [0.2, 0.25) is 0 Å². The highest BCUT2D eigenvalue weighted by molar-refractivity contribution is 6.31. The van der Waals surface area contributed by atoms with E-state index in [0.29, 0.717) is 16.3 Å². The van der Waals surface area contributed by atoms with E-state index in [0.717, 1.165) is 0 Å². The van der Waals surface area contributed by atoms with E-state index in [1.54, 1.807) is 30.3 Å². The molecule has 0 aliphatic heterocycles. The largest absolute Gasteiger partial charge is 0.489 e. The van der Waals surface area contributed by atoms with Crippen molar-refractivity contribution in [3.63, 3.8) is 0 Å². The molecule has 0 radical (unpaired) electrons. The molecule has 28 heavy (non-hydrogen) atoms. The number of nitriles is 1. The van der Waals surface area contributed by atoms with Gasteiger partial charge in [-0.1, -0.05) is 39.3 Å². The number of aromatic nitrogens is 2. The van der Waals surface area contributed by atoms with Gasteiger partial charge in [-0.15, -0.1) is 10.2 Å². The molecular formula is C20H22ClN5O2. The van der Waals surface area contributed by atoms with Crippen LogP contribution in [-0.2, 0) is 0 Å². The molecule has 1 heterocycles. The minimum atomic E-state index is -0.346. The van der Waals surface area contributed by atoms with Gasteiger partial charge >= 0.3 is 0 Å². The summed E-state index contributed by atoms with van der Waals surface area (Å²) < 4.78 is 6.20. The fraction of sp³-hybridized carbons (Fsp3) is 0.400. The number of nitrogens with zero attached hydrogens (tertiary/aromatic N) is 3. The monoisotopic (exact) mass is 399 g/mol. The molecule has 0 bridgehead atoms. The van der Waals surface area contributed by atoms with E-state index in [4.69, 9.17) is 27.3 Å². The van der Waals surface area contributed by atoms with Gasteiger partial charge in [0, 0.05) is 22.9 Å². The zero-order valence-electron chi connectivity index (χ0n) is 16.2. The molecule has 2 aromatic rings. The third-order valence-corrected chi connectivity index (χ3v) is 5.66. The van der Waals surface area contributed by atoms with Crippen molar-refractivity contribution in [2.45, 2.75) is 39.8 Å². The van der Waals surface area contributed by atoms with Gasteiger partial charge in [0.25, 0.3) is 5.91 Å². The molecule has 7 nitrogen and oxygen atoms in total. The first kappa shape index (κ1) is 19.9. The maximum Gasteiger partial charge on any atom is 0.272 e. The number of hydrogen-bond donors (Lipinski definition) is 2. The summed E-state index contributed by atoms with van der Waals surface area (Å²) >= 11 is 6.11. The first-order valence-electron chi connectivity index (χ1n) is 8.83. The van der Waals surface area contributed by atoms with Crippen molar-refractivity contribution >= 4 is 23.3 Å². The first-order chi connectivity index (χ1) is 13.1. The van der Waals surface area contributed by atoms with Crippen LogP contribution in [0, 0.1) is 22.2 Å². The second-order valence-corrected chi connectivity index (χ2v) is 8.55. The maximum absolute atomic E-state index is 12.6. The predicted octanol–water partition coefficient (Wildman–Crippen LogP) is 3.20. The number of carbonyl (C=O) groups is 1. The number of benzene rings is 1. The van der Waals surface area contributed by atoms with Gasteiger partial charge in [-0.3, -0.25) is 4.79 Å². The molecule has 1 saturated carbocycles. The molecule has 0 unspecified atom stereocenters. The van der Waals surface area contributed by atoms with E-state index in [-0.39, 0.29) is 40.4 Å². The van der Waals surface area contributed by atoms with Crippen LogP contribution < -0.4 is 15.8 Å². The van der Waals surface area contributed by atoms with Gasteiger partial charge in [-0.2, -0.15) is 5.26 Å². The molecule has 3 N–H and O–H groups in total. The third-order valence-electron chi connectivity index (χ3n) is 5.35. The fourth-order valence-corrected chi connectivity index (χ4v) is 4.48. The lowest BCUT2D eigenvalue weighted by atomic mass is 9.49. The van der Waals surface area contributed by atoms with Crippen molar-refractivity contribution in [1.82, 2.24) is 15.5 Å². The van der Waals surface area contributed by atoms with Crippen molar-refractivity contribution in [3.05, 3.63) is 46.6 Å². The highest BCUT2D eigenvalue weighted by Gasteiger charge is 2.64. The molecule has 0 spiro atoms. The van der Waals surface area contributed by atoms with Crippen LogP contribution >= 0.6 is 11.6 Å². The Morgan fingerprint density at radius 3 is 2.43 bits per heavy atom. The average molecular weight is 400 g/mol. The lowest BCUT2D eigenvalue weighted by Crippen LogP contribution is -2.74. The topological polar surface area (TPSA) is 114 Å². The highest BCUT2D eigenvalue weighted by atomic mass is 35.5. The van der Waals surface area contributed by atoms with Gasteiger partial charge in [-0.25, -0.2) is 0 Å². The summed E-state index contributed by atoms with van der Waals surface area (Å²) in [4.78, 5) is 12.6. The molecule has 1 aliphatic rings. The zero-order chi connectivity index (χ0) is 20.7. The summed E-state index contributed by atoms with van der Waals surface area (Å²) in [7, 11) is 0. The zero-order valence-corrected chi connectivity index (χ0v) is 16.9. The lowest BCUT2D eigenvalue weighted by molar-refractivity contribution is -0.164. The molecule has 1 aromatic heterocycles. The fourth-order valence-electron chi connectivity index (χ4n) is 4.26. The smallest absolute Gasteiger partial charge is 0.272 e. The quantitative estimate of drug-likeness (QED) is 0.815. The number of anilines is 1. The van der Waals surface area contributed by atoms with Crippen LogP contribution in [0.3, 0.4) is 0 Å². The summed E-state index contributed by atoms with van der Waals surface area (Å²) in [6.45, 7) is 8.14. The Balaban J connectivity index is 1.76. The Morgan fingerprint density at radius 1 is 1.21 bits per heavy atom. The molecule has 0 saturated heterocycles. The van der Waals surface area contributed by atoms with Crippen LogP contribution in [-0.4, -0.2) is 28.3 Å². The molecular weight excluding hydrogens is 378 g/mol. The van der Waals surface area contributed by atoms with E-state index in [9.17, 15) is 4.79 Å². The SMILES string of the molecule is CC1(C)C(NC(=O)c2ccc(N)nn2)C(C)(C)C1Oc1ccc(C#N)c(Cl)c1. The van der Waals surface area contributed by atoms with Gasteiger partial charge < -0.3 is 15.8 Å². The number of nitrogen functional groups attached to an aromatic ring is 1. The van der Waals surface area contributed by atoms with Gasteiger partial charge in [0.1, 0.15) is 23.7 Å². The normalized spacial score (nSPS) is 21.9. The van der Waals surface area contributed by atoms with Crippen LogP contribution in [0.4, 0.5) is 5.82 Å². The standard InChI is InChI=1S/C20H22ClN5O2/c1-19(2)17(24-16(27)14-7-8-15(23)26-25-14)20(3,4)18(19)28-12-6-5-11(10-22)13(21)9-12/h5-9,17-18H,1-4H3,(H2,23,26)(H,24,27).